The minimum Gasteiger partial charge on any atom is -0.497 e. The van der Waals surface area contributed by atoms with E-state index in [4.69, 9.17) is 14.5 Å². The molecular weight excluding hydrogens is 364 g/mol. The number of benzene rings is 1. The molecule has 0 bridgehead atoms. The first-order valence-electron chi connectivity index (χ1n) is 11.1. The Morgan fingerprint density at radius 2 is 1.86 bits per heavy atom. The number of ether oxygens (including phenoxy) is 2. The summed E-state index contributed by atoms with van der Waals surface area (Å²) in [6, 6.07) is 6.56. The van der Waals surface area contributed by atoms with Gasteiger partial charge in [-0.05, 0) is 68.1 Å². The number of hydrogen-bond donors (Lipinski definition) is 2. The Balaban J connectivity index is 1.31. The number of likely N-dealkylation sites (tertiary alicyclic amines) is 1. The number of nitrogens with one attached hydrogen (secondary N) is 2. The van der Waals surface area contributed by atoms with Gasteiger partial charge in [-0.2, -0.15) is 0 Å². The number of methoxy groups -OCH3 is 2. The molecule has 2 saturated carbocycles. The molecule has 1 atom stereocenters. The molecule has 1 aliphatic heterocycles. The van der Waals surface area contributed by atoms with E-state index in [-0.39, 0.29) is 0 Å². The van der Waals surface area contributed by atoms with E-state index in [9.17, 15) is 0 Å². The van der Waals surface area contributed by atoms with Crippen molar-refractivity contribution < 1.29 is 9.47 Å². The molecule has 1 unspecified atom stereocenters. The molecule has 0 radical (unpaired) electrons. The van der Waals surface area contributed by atoms with Crippen LogP contribution in [0.15, 0.2) is 23.2 Å². The van der Waals surface area contributed by atoms with Crippen LogP contribution in [0.25, 0.3) is 0 Å². The van der Waals surface area contributed by atoms with Gasteiger partial charge in [0.1, 0.15) is 11.5 Å². The minimum absolute atomic E-state index is 0.441. The van der Waals surface area contributed by atoms with Gasteiger partial charge in [-0.3, -0.25) is 9.89 Å². The lowest BCUT2D eigenvalue weighted by molar-refractivity contribution is 0.321. The third-order valence-electron chi connectivity index (χ3n) is 6.66. The molecule has 2 N–H and O–H groups in total. The van der Waals surface area contributed by atoms with Crippen molar-refractivity contribution in [3.63, 3.8) is 0 Å². The maximum absolute atomic E-state index is 5.41. The number of aliphatic imine (C=N–C) groups is 1. The van der Waals surface area contributed by atoms with Crippen LogP contribution in [-0.2, 0) is 6.54 Å². The summed E-state index contributed by atoms with van der Waals surface area (Å²) in [5.41, 5.74) is 1.78. The van der Waals surface area contributed by atoms with Crippen LogP contribution < -0.4 is 20.1 Å². The summed E-state index contributed by atoms with van der Waals surface area (Å²) < 4.78 is 10.8. The Hall–Kier alpha value is -1.95. The first-order chi connectivity index (χ1) is 14.1. The molecule has 160 valence electrons. The molecule has 2 aliphatic carbocycles. The molecule has 3 fully saturated rings. The molecule has 6 heteroatoms. The Bertz CT molecular complexity index is 705. The highest BCUT2D eigenvalue weighted by Crippen LogP contribution is 2.61. The molecule has 6 nitrogen and oxygen atoms in total. The summed E-state index contributed by atoms with van der Waals surface area (Å²) in [7, 11) is 3.40. The topological polar surface area (TPSA) is 58.1 Å². The summed E-state index contributed by atoms with van der Waals surface area (Å²) in [5.74, 6) is 3.64. The van der Waals surface area contributed by atoms with Crippen molar-refractivity contribution in [1.82, 2.24) is 15.5 Å². The maximum atomic E-state index is 5.41. The van der Waals surface area contributed by atoms with Gasteiger partial charge in [0, 0.05) is 44.8 Å². The van der Waals surface area contributed by atoms with E-state index in [1.807, 2.05) is 6.07 Å². The number of guanidine groups is 1. The predicted molar refractivity (Wildman–Crippen MR) is 117 cm³/mol. The van der Waals surface area contributed by atoms with Gasteiger partial charge in [0.2, 0.25) is 0 Å². The Labute approximate surface area is 175 Å². The van der Waals surface area contributed by atoms with Gasteiger partial charge in [-0.1, -0.05) is 0 Å². The summed E-state index contributed by atoms with van der Waals surface area (Å²) in [4.78, 5) is 7.46. The normalized spacial score (nSPS) is 23.7. The van der Waals surface area contributed by atoms with Gasteiger partial charge in [0.25, 0.3) is 0 Å². The van der Waals surface area contributed by atoms with Crippen molar-refractivity contribution in [3.8, 4) is 11.5 Å². The van der Waals surface area contributed by atoms with E-state index in [2.05, 4.69) is 34.6 Å². The average molecular weight is 401 g/mol. The molecule has 0 aromatic heterocycles. The highest BCUT2D eigenvalue weighted by atomic mass is 16.5. The van der Waals surface area contributed by atoms with E-state index in [0.29, 0.717) is 11.5 Å². The lowest BCUT2D eigenvalue weighted by Gasteiger charge is -2.20. The van der Waals surface area contributed by atoms with Gasteiger partial charge in [0.15, 0.2) is 5.96 Å². The molecule has 29 heavy (non-hydrogen) atoms. The van der Waals surface area contributed by atoms with Crippen molar-refractivity contribution in [3.05, 3.63) is 23.8 Å². The summed E-state index contributed by atoms with van der Waals surface area (Å²) in [5, 5.41) is 7.14. The predicted octanol–water partition coefficient (Wildman–Crippen LogP) is 3.02. The maximum Gasteiger partial charge on any atom is 0.191 e. The number of nitrogens with zero attached hydrogens (tertiary/aromatic N) is 2. The summed E-state index contributed by atoms with van der Waals surface area (Å²) in [6.45, 7) is 7.06. The van der Waals surface area contributed by atoms with Crippen LogP contribution in [0.2, 0.25) is 0 Å². The van der Waals surface area contributed by atoms with Gasteiger partial charge in [-0.25, -0.2) is 0 Å². The fraction of sp³-hybridized carbons (Fsp3) is 0.696. The van der Waals surface area contributed by atoms with Gasteiger partial charge in [0.05, 0.1) is 14.2 Å². The fourth-order valence-electron chi connectivity index (χ4n) is 4.61. The van der Waals surface area contributed by atoms with E-state index in [1.54, 1.807) is 14.2 Å². The average Bonchev–Trinajstić information content (AvgIpc) is 3.65. The van der Waals surface area contributed by atoms with Gasteiger partial charge >= 0.3 is 0 Å². The van der Waals surface area contributed by atoms with E-state index < -0.39 is 0 Å². The molecule has 1 saturated heterocycles. The Morgan fingerprint density at radius 1 is 1.14 bits per heavy atom. The zero-order valence-corrected chi connectivity index (χ0v) is 18.2. The Morgan fingerprint density at radius 3 is 2.45 bits per heavy atom. The second-order valence-corrected chi connectivity index (χ2v) is 8.92. The second-order valence-electron chi connectivity index (χ2n) is 8.92. The molecule has 1 heterocycles. The van der Waals surface area contributed by atoms with Crippen molar-refractivity contribution in [2.45, 2.75) is 51.6 Å². The standard InChI is InChI=1S/C23H36N4O2/c1-4-24-22(25-16-23(8-9-23)18-5-6-18)26-19-7-10-27(15-19)14-17-11-20(28-2)13-21(12-17)29-3/h11-13,18-19H,4-10,14-16H2,1-3H3,(H2,24,25,26). The smallest absolute Gasteiger partial charge is 0.191 e. The van der Waals surface area contributed by atoms with Gasteiger partial charge < -0.3 is 20.1 Å². The molecule has 3 aliphatic rings. The number of hydrogen-bond acceptors (Lipinski definition) is 4. The van der Waals surface area contributed by atoms with Crippen LogP contribution in [0.4, 0.5) is 0 Å². The third-order valence-corrected chi connectivity index (χ3v) is 6.66. The third kappa shape index (κ3) is 5.16. The summed E-state index contributed by atoms with van der Waals surface area (Å²) >= 11 is 0. The first kappa shape index (κ1) is 20.3. The van der Waals surface area contributed by atoms with Crippen LogP contribution in [0.5, 0.6) is 11.5 Å². The quantitative estimate of drug-likeness (QED) is 0.493. The van der Waals surface area contributed by atoms with Crippen LogP contribution in [0, 0.1) is 11.3 Å². The van der Waals surface area contributed by atoms with Gasteiger partial charge in [-0.15, -0.1) is 0 Å². The first-order valence-corrected chi connectivity index (χ1v) is 11.1. The summed E-state index contributed by atoms with van der Waals surface area (Å²) in [6.07, 6.45) is 6.74. The van der Waals surface area contributed by atoms with Crippen LogP contribution in [-0.4, -0.2) is 57.3 Å². The van der Waals surface area contributed by atoms with E-state index in [1.165, 1.54) is 31.2 Å². The molecule has 1 aromatic carbocycles. The lowest BCUT2D eigenvalue weighted by Crippen LogP contribution is -2.44. The molecule has 1 aromatic rings. The van der Waals surface area contributed by atoms with Crippen LogP contribution in [0.3, 0.4) is 0 Å². The SMILES string of the molecule is CCNC(=NCC1(C2CC2)CC1)NC1CCN(Cc2cc(OC)cc(OC)c2)C1. The van der Waals surface area contributed by atoms with Crippen LogP contribution >= 0.6 is 0 Å². The fourth-order valence-corrected chi connectivity index (χ4v) is 4.61. The molecule has 0 spiro atoms. The van der Waals surface area contributed by atoms with Crippen molar-refractivity contribution in [2.75, 3.05) is 40.4 Å². The highest BCUT2D eigenvalue weighted by Gasteiger charge is 2.53. The van der Waals surface area contributed by atoms with E-state index in [0.717, 1.165) is 62.5 Å². The highest BCUT2D eigenvalue weighted by molar-refractivity contribution is 5.80. The number of rotatable bonds is 9. The monoisotopic (exact) mass is 400 g/mol. The zero-order valence-electron chi connectivity index (χ0n) is 18.2. The zero-order chi connectivity index (χ0) is 20.3. The van der Waals surface area contributed by atoms with Crippen LogP contribution in [0.1, 0.15) is 44.6 Å². The Kier molecular flexibility index (Phi) is 6.18. The molecular formula is C23H36N4O2. The molecule has 0 amide bonds. The van der Waals surface area contributed by atoms with E-state index >= 15 is 0 Å². The van der Waals surface area contributed by atoms with Crippen molar-refractivity contribution >= 4 is 5.96 Å². The van der Waals surface area contributed by atoms with Crippen molar-refractivity contribution in [2.24, 2.45) is 16.3 Å². The molecule has 4 rings (SSSR count). The lowest BCUT2D eigenvalue weighted by atomic mass is 10.0. The minimum atomic E-state index is 0.441. The second kappa shape index (κ2) is 8.82. The van der Waals surface area contributed by atoms with Crippen molar-refractivity contribution in [1.29, 1.82) is 0 Å². The largest absolute Gasteiger partial charge is 0.497 e.